The normalized spacial score (nSPS) is 11.2. The summed E-state index contributed by atoms with van der Waals surface area (Å²) in [5.74, 6) is 0.697. The zero-order valence-corrected chi connectivity index (χ0v) is 13.4. The maximum absolute atomic E-state index is 5.93. The van der Waals surface area contributed by atoms with Crippen molar-refractivity contribution >= 4 is 17.2 Å². The molecule has 2 heterocycles. The Bertz CT molecular complexity index is 952. The van der Waals surface area contributed by atoms with E-state index in [0.717, 1.165) is 28.9 Å². The summed E-state index contributed by atoms with van der Waals surface area (Å²) in [5.41, 5.74) is 5.34. The molecule has 0 fully saturated rings. The molecule has 0 aliphatic carbocycles. The van der Waals surface area contributed by atoms with Crippen LogP contribution in [0.25, 0.3) is 17.0 Å². The Morgan fingerprint density at radius 1 is 1.04 bits per heavy atom. The van der Waals surface area contributed by atoms with Crippen LogP contribution in [0.1, 0.15) is 16.8 Å². The van der Waals surface area contributed by atoms with Crippen molar-refractivity contribution in [3.63, 3.8) is 0 Å². The smallest absolute Gasteiger partial charge is 0.183 e. The van der Waals surface area contributed by atoms with Gasteiger partial charge in [0.25, 0.3) is 0 Å². The lowest BCUT2D eigenvalue weighted by Crippen LogP contribution is -1.94. The molecule has 5 heteroatoms. The van der Waals surface area contributed by atoms with Gasteiger partial charge in [0.1, 0.15) is 0 Å². The predicted octanol–water partition coefficient (Wildman–Crippen LogP) is 4.28. The lowest BCUT2D eigenvalue weighted by molar-refractivity contribution is 0.799. The monoisotopic (exact) mass is 322 g/mol. The largest absolute Gasteiger partial charge is 0.280 e. The molecule has 4 rings (SSSR count). The Labute approximate surface area is 138 Å². The summed E-state index contributed by atoms with van der Waals surface area (Å²) in [5, 5.41) is 8.58. The van der Waals surface area contributed by atoms with E-state index in [1.807, 2.05) is 30.3 Å². The van der Waals surface area contributed by atoms with Crippen LogP contribution in [0.15, 0.2) is 54.6 Å². The van der Waals surface area contributed by atoms with Crippen molar-refractivity contribution in [3.05, 3.63) is 76.4 Å². The van der Waals surface area contributed by atoms with Crippen molar-refractivity contribution in [2.75, 3.05) is 0 Å². The van der Waals surface area contributed by atoms with E-state index in [-0.39, 0.29) is 0 Å². The van der Waals surface area contributed by atoms with E-state index in [1.165, 1.54) is 5.56 Å². The molecule has 0 spiro atoms. The highest BCUT2D eigenvalue weighted by Gasteiger charge is 2.14. The summed E-state index contributed by atoms with van der Waals surface area (Å²) in [6.45, 7) is 2.07. The molecule has 2 aromatic carbocycles. The van der Waals surface area contributed by atoms with Crippen molar-refractivity contribution in [2.45, 2.75) is 13.3 Å². The molecule has 0 amide bonds. The van der Waals surface area contributed by atoms with Crippen LogP contribution in [0, 0.1) is 6.92 Å². The second-order valence-corrected chi connectivity index (χ2v) is 5.99. The van der Waals surface area contributed by atoms with E-state index in [0.29, 0.717) is 10.8 Å². The Morgan fingerprint density at radius 3 is 2.48 bits per heavy atom. The van der Waals surface area contributed by atoms with Crippen LogP contribution in [0.4, 0.5) is 0 Å². The van der Waals surface area contributed by atoms with E-state index in [1.54, 1.807) is 4.63 Å². The van der Waals surface area contributed by atoms with Crippen LogP contribution >= 0.6 is 11.6 Å². The Kier molecular flexibility index (Phi) is 3.39. The lowest BCUT2D eigenvalue weighted by atomic mass is 10.1. The van der Waals surface area contributed by atoms with Gasteiger partial charge in [0, 0.05) is 28.3 Å². The molecule has 114 valence electrons. The van der Waals surface area contributed by atoms with Crippen LogP contribution < -0.4 is 0 Å². The van der Waals surface area contributed by atoms with Crippen molar-refractivity contribution in [3.8, 4) is 11.4 Å². The van der Waals surface area contributed by atoms with Crippen LogP contribution in [0.5, 0.6) is 0 Å². The van der Waals surface area contributed by atoms with Crippen molar-refractivity contribution in [1.29, 1.82) is 0 Å². The number of rotatable bonds is 3. The van der Waals surface area contributed by atoms with Gasteiger partial charge in [-0.25, -0.2) is 4.98 Å². The van der Waals surface area contributed by atoms with Crippen LogP contribution in [0.2, 0.25) is 5.02 Å². The Morgan fingerprint density at radius 2 is 1.78 bits per heavy atom. The van der Waals surface area contributed by atoms with Crippen molar-refractivity contribution < 1.29 is 0 Å². The standard InChI is InChI=1S/C18H15ClN4/c1-12-16(11-13-5-3-2-4-6-13)21-23-18(12)20-17(22-23)14-7-9-15(19)10-8-14/h2-10,21H,11H2,1H3. The maximum Gasteiger partial charge on any atom is 0.183 e. The van der Waals surface area contributed by atoms with E-state index in [9.17, 15) is 0 Å². The van der Waals surface area contributed by atoms with Crippen molar-refractivity contribution in [1.82, 2.24) is 19.8 Å². The average molecular weight is 323 g/mol. The number of aromatic amines is 1. The second-order valence-electron chi connectivity index (χ2n) is 5.56. The maximum atomic E-state index is 5.93. The summed E-state index contributed by atoms with van der Waals surface area (Å²) in [6, 6.07) is 17.9. The Balaban J connectivity index is 1.70. The predicted molar refractivity (Wildman–Crippen MR) is 91.8 cm³/mol. The zero-order valence-electron chi connectivity index (χ0n) is 12.6. The van der Waals surface area contributed by atoms with Gasteiger partial charge in [-0.3, -0.25) is 5.10 Å². The third-order valence-corrected chi connectivity index (χ3v) is 4.21. The first-order valence-electron chi connectivity index (χ1n) is 7.45. The van der Waals surface area contributed by atoms with Gasteiger partial charge < -0.3 is 0 Å². The van der Waals surface area contributed by atoms with E-state index >= 15 is 0 Å². The Hall–Kier alpha value is -2.59. The number of H-pyrrole nitrogens is 1. The topological polar surface area (TPSA) is 46.0 Å². The quantitative estimate of drug-likeness (QED) is 0.612. The van der Waals surface area contributed by atoms with E-state index in [2.05, 4.69) is 46.4 Å². The number of hydrogen-bond acceptors (Lipinski definition) is 2. The van der Waals surface area contributed by atoms with Gasteiger partial charge in [0.15, 0.2) is 11.5 Å². The van der Waals surface area contributed by atoms with Gasteiger partial charge in [-0.15, -0.1) is 5.10 Å². The van der Waals surface area contributed by atoms with Crippen LogP contribution in [-0.4, -0.2) is 19.8 Å². The number of halogens is 1. The van der Waals surface area contributed by atoms with Crippen LogP contribution in [-0.2, 0) is 6.42 Å². The molecule has 4 nitrogen and oxygen atoms in total. The lowest BCUT2D eigenvalue weighted by Gasteiger charge is -2.00. The number of nitrogens with zero attached hydrogens (tertiary/aromatic N) is 3. The number of aromatic nitrogens is 4. The average Bonchev–Trinajstić information content (AvgIpc) is 3.10. The number of hydrogen-bond donors (Lipinski definition) is 1. The highest BCUT2D eigenvalue weighted by Crippen LogP contribution is 2.22. The number of aryl methyl sites for hydroxylation is 1. The fraction of sp³-hybridized carbons (Fsp3) is 0.111. The second kappa shape index (κ2) is 5.56. The van der Waals surface area contributed by atoms with E-state index in [4.69, 9.17) is 11.6 Å². The molecular weight excluding hydrogens is 308 g/mol. The molecule has 0 saturated carbocycles. The van der Waals surface area contributed by atoms with Gasteiger partial charge in [-0.2, -0.15) is 4.63 Å². The molecule has 2 aromatic heterocycles. The van der Waals surface area contributed by atoms with Gasteiger partial charge in [0.2, 0.25) is 0 Å². The number of nitrogens with one attached hydrogen (secondary N) is 1. The molecule has 0 bridgehead atoms. The summed E-state index contributed by atoms with van der Waals surface area (Å²) in [4.78, 5) is 4.65. The first-order valence-corrected chi connectivity index (χ1v) is 7.82. The minimum atomic E-state index is 0.697. The molecule has 0 aliphatic heterocycles. The number of benzene rings is 2. The molecule has 0 atom stereocenters. The van der Waals surface area contributed by atoms with Crippen molar-refractivity contribution in [2.24, 2.45) is 0 Å². The third kappa shape index (κ3) is 2.62. The molecule has 0 radical (unpaired) electrons. The minimum Gasteiger partial charge on any atom is -0.280 e. The van der Waals surface area contributed by atoms with E-state index < -0.39 is 0 Å². The van der Waals surface area contributed by atoms with Gasteiger partial charge in [-0.1, -0.05) is 41.9 Å². The fourth-order valence-corrected chi connectivity index (χ4v) is 2.80. The van der Waals surface area contributed by atoms with Gasteiger partial charge in [0.05, 0.1) is 0 Å². The van der Waals surface area contributed by atoms with Gasteiger partial charge >= 0.3 is 0 Å². The fourth-order valence-electron chi connectivity index (χ4n) is 2.67. The molecule has 0 saturated heterocycles. The zero-order chi connectivity index (χ0) is 15.8. The summed E-state index contributed by atoms with van der Waals surface area (Å²) in [6.07, 6.45) is 0.841. The number of fused-ring (bicyclic) bond motifs is 1. The van der Waals surface area contributed by atoms with Crippen LogP contribution in [0.3, 0.4) is 0 Å². The minimum absolute atomic E-state index is 0.697. The third-order valence-electron chi connectivity index (χ3n) is 3.96. The molecular formula is C18H15ClN4. The highest BCUT2D eigenvalue weighted by molar-refractivity contribution is 6.30. The molecule has 0 unspecified atom stereocenters. The first-order chi connectivity index (χ1) is 11.2. The summed E-state index contributed by atoms with van der Waals surface area (Å²) < 4.78 is 1.75. The molecule has 23 heavy (non-hydrogen) atoms. The summed E-state index contributed by atoms with van der Waals surface area (Å²) in [7, 11) is 0. The molecule has 1 N–H and O–H groups in total. The summed E-state index contributed by atoms with van der Waals surface area (Å²) >= 11 is 5.93. The highest BCUT2D eigenvalue weighted by atomic mass is 35.5. The molecule has 0 aliphatic rings. The van der Waals surface area contributed by atoms with Gasteiger partial charge in [-0.05, 0) is 36.8 Å². The molecule has 4 aromatic rings. The SMILES string of the molecule is Cc1c(Cc2ccccc2)[nH]n2nc(-c3ccc(Cl)cc3)nc12. The first kappa shape index (κ1) is 14.0.